The predicted octanol–water partition coefficient (Wildman–Crippen LogP) is 2.00. The zero-order chi connectivity index (χ0) is 10.8. The van der Waals surface area contributed by atoms with Gasteiger partial charge in [0.2, 0.25) is 0 Å². The third-order valence-electron chi connectivity index (χ3n) is 3.32. The Morgan fingerprint density at radius 1 is 1.27 bits per heavy atom. The summed E-state index contributed by atoms with van der Waals surface area (Å²) in [6.07, 6.45) is 6.81. The molecule has 2 amide bonds. The van der Waals surface area contributed by atoms with Crippen LogP contribution in [0.3, 0.4) is 0 Å². The largest absolute Gasteiger partial charge is 0.336 e. The van der Waals surface area contributed by atoms with Crippen molar-refractivity contribution in [1.29, 1.82) is 0 Å². The molecule has 1 saturated heterocycles. The second kappa shape index (κ2) is 4.25. The zero-order valence-corrected chi connectivity index (χ0v) is 9.57. The average molecular weight is 208 g/mol. The molecule has 2 atom stereocenters. The quantitative estimate of drug-likeness (QED) is 0.657. The summed E-state index contributed by atoms with van der Waals surface area (Å²) in [5.41, 5.74) is 0. The number of nitrogens with zero attached hydrogens (tertiary/aromatic N) is 1. The molecule has 15 heavy (non-hydrogen) atoms. The van der Waals surface area contributed by atoms with E-state index in [-0.39, 0.29) is 12.1 Å². The van der Waals surface area contributed by atoms with Gasteiger partial charge in [-0.3, -0.25) is 0 Å². The summed E-state index contributed by atoms with van der Waals surface area (Å²) in [6, 6.07) is 0.345. The van der Waals surface area contributed by atoms with E-state index in [1.165, 1.54) is 0 Å². The number of rotatable bonds is 1. The van der Waals surface area contributed by atoms with E-state index < -0.39 is 0 Å². The first-order chi connectivity index (χ1) is 7.16. The van der Waals surface area contributed by atoms with Gasteiger partial charge in [-0.25, -0.2) is 4.79 Å². The highest BCUT2D eigenvalue weighted by atomic mass is 16.2. The summed E-state index contributed by atoms with van der Waals surface area (Å²) in [5.74, 6) is 1.40. The van der Waals surface area contributed by atoms with Crippen molar-refractivity contribution in [3.63, 3.8) is 0 Å². The summed E-state index contributed by atoms with van der Waals surface area (Å²) >= 11 is 0. The van der Waals surface area contributed by atoms with Crippen LogP contribution in [0.2, 0.25) is 0 Å². The number of hydrogen-bond donors (Lipinski definition) is 1. The fourth-order valence-electron chi connectivity index (χ4n) is 2.52. The highest BCUT2D eigenvalue weighted by molar-refractivity contribution is 5.74. The van der Waals surface area contributed by atoms with Crippen molar-refractivity contribution in [2.24, 2.45) is 11.8 Å². The standard InChI is InChI=1S/C12H20N2O/c1-9(2)13-12(15)14-7-10-5-3-4-6-11(10)8-14/h3-4,9-11H,5-8H2,1-2H3,(H,13,15). The highest BCUT2D eigenvalue weighted by Gasteiger charge is 2.34. The van der Waals surface area contributed by atoms with Crippen LogP contribution in [0.15, 0.2) is 12.2 Å². The minimum Gasteiger partial charge on any atom is -0.336 e. The SMILES string of the molecule is CC(C)NC(=O)N1CC2CC=CCC2C1. The molecule has 0 aromatic carbocycles. The maximum absolute atomic E-state index is 11.8. The molecule has 2 rings (SSSR count). The molecule has 1 fully saturated rings. The Balaban J connectivity index is 1.90. The third kappa shape index (κ3) is 2.33. The van der Waals surface area contributed by atoms with Gasteiger partial charge in [0.15, 0.2) is 0 Å². The van der Waals surface area contributed by atoms with E-state index in [4.69, 9.17) is 0 Å². The van der Waals surface area contributed by atoms with E-state index in [1.807, 2.05) is 18.7 Å². The van der Waals surface area contributed by atoms with Crippen molar-refractivity contribution in [3.05, 3.63) is 12.2 Å². The van der Waals surface area contributed by atoms with Gasteiger partial charge in [0.25, 0.3) is 0 Å². The van der Waals surface area contributed by atoms with Gasteiger partial charge in [-0.15, -0.1) is 0 Å². The summed E-state index contributed by atoms with van der Waals surface area (Å²) in [4.78, 5) is 13.8. The van der Waals surface area contributed by atoms with E-state index in [1.54, 1.807) is 0 Å². The topological polar surface area (TPSA) is 32.3 Å². The molecule has 0 aromatic heterocycles. The lowest BCUT2D eigenvalue weighted by molar-refractivity contribution is 0.204. The van der Waals surface area contributed by atoms with Gasteiger partial charge in [-0.05, 0) is 38.5 Å². The van der Waals surface area contributed by atoms with E-state index in [2.05, 4.69) is 17.5 Å². The van der Waals surface area contributed by atoms with Crippen molar-refractivity contribution in [3.8, 4) is 0 Å². The minimum atomic E-state index is 0.111. The number of urea groups is 1. The monoisotopic (exact) mass is 208 g/mol. The average Bonchev–Trinajstić information content (AvgIpc) is 2.59. The Hall–Kier alpha value is -0.990. The molecule has 1 aliphatic carbocycles. The third-order valence-corrected chi connectivity index (χ3v) is 3.32. The van der Waals surface area contributed by atoms with Crippen LogP contribution < -0.4 is 5.32 Å². The Morgan fingerprint density at radius 3 is 2.27 bits per heavy atom. The van der Waals surface area contributed by atoms with Crippen LogP contribution in [-0.2, 0) is 0 Å². The van der Waals surface area contributed by atoms with Crippen molar-refractivity contribution in [1.82, 2.24) is 10.2 Å². The summed E-state index contributed by atoms with van der Waals surface area (Å²) in [7, 11) is 0. The van der Waals surface area contributed by atoms with E-state index in [0.717, 1.165) is 25.9 Å². The van der Waals surface area contributed by atoms with Gasteiger partial charge in [-0.1, -0.05) is 12.2 Å². The highest BCUT2D eigenvalue weighted by Crippen LogP contribution is 2.32. The Bertz CT molecular complexity index is 257. The molecule has 2 unspecified atom stereocenters. The normalized spacial score (nSPS) is 29.4. The number of allylic oxidation sites excluding steroid dienone is 2. The van der Waals surface area contributed by atoms with Gasteiger partial charge in [-0.2, -0.15) is 0 Å². The summed E-state index contributed by atoms with van der Waals surface area (Å²) < 4.78 is 0. The Kier molecular flexibility index (Phi) is 2.98. The molecular formula is C12H20N2O. The molecule has 0 bridgehead atoms. The van der Waals surface area contributed by atoms with Gasteiger partial charge in [0, 0.05) is 19.1 Å². The number of hydrogen-bond acceptors (Lipinski definition) is 1. The van der Waals surface area contributed by atoms with Gasteiger partial charge in [0.05, 0.1) is 0 Å². The second-order valence-electron chi connectivity index (χ2n) is 4.97. The summed E-state index contributed by atoms with van der Waals surface area (Å²) in [6.45, 7) is 5.88. The van der Waals surface area contributed by atoms with E-state index >= 15 is 0 Å². The fourth-order valence-corrected chi connectivity index (χ4v) is 2.52. The van der Waals surface area contributed by atoms with Crippen LogP contribution in [0, 0.1) is 11.8 Å². The number of carbonyl (C=O) groups excluding carboxylic acids is 1. The van der Waals surface area contributed by atoms with Crippen molar-refractivity contribution >= 4 is 6.03 Å². The fraction of sp³-hybridized carbons (Fsp3) is 0.750. The number of carbonyl (C=O) groups is 1. The number of likely N-dealkylation sites (tertiary alicyclic amines) is 1. The molecule has 3 heteroatoms. The van der Waals surface area contributed by atoms with Crippen molar-refractivity contribution < 1.29 is 4.79 Å². The molecule has 2 aliphatic rings. The molecule has 1 N–H and O–H groups in total. The second-order valence-corrected chi connectivity index (χ2v) is 4.97. The zero-order valence-electron chi connectivity index (χ0n) is 9.57. The van der Waals surface area contributed by atoms with Crippen LogP contribution in [0.1, 0.15) is 26.7 Å². The molecule has 0 aromatic rings. The molecule has 0 saturated carbocycles. The first-order valence-electron chi connectivity index (χ1n) is 5.87. The van der Waals surface area contributed by atoms with Crippen molar-refractivity contribution in [2.75, 3.05) is 13.1 Å². The van der Waals surface area contributed by atoms with Crippen LogP contribution in [-0.4, -0.2) is 30.1 Å². The Morgan fingerprint density at radius 2 is 1.80 bits per heavy atom. The molecule has 1 heterocycles. The maximum Gasteiger partial charge on any atom is 0.317 e. The molecule has 1 aliphatic heterocycles. The first kappa shape index (κ1) is 10.5. The van der Waals surface area contributed by atoms with Gasteiger partial charge >= 0.3 is 6.03 Å². The molecule has 3 nitrogen and oxygen atoms in total. The predicted molar refractivity (Wildman–Crippen MR) is 60.6 cm³/mol. The van der Waals surface area contributed by atoms with Crippen molar-refractivity contribution in [2.45, 2.75) is 32.7 Å². The lowest BCUT2D eigenvalue weighted by Crippen LogP contribution is -2.41. The molecule has 84 valence electrons. The van der Waals surface area contributed by atoms with E-state index in [9.17, 15) is 4.79 Å². The Labute approximate surface area is 91.5 Å². The lowest BCUT2D eigenvalue weighted by atomic mass is 9.86. The van der Waals surface area contributed by atoms with Gasteiger partial charge in [0.1, 0.15) is 0 Å². The summed E-state index contributed by atoms with van der Waals surface area (Å²) in [5, 5.41) is 2.96. The van der Waals surface area contributed by atoms with Crippen LogP contribution in [0.4, 0.5) is 4.79 Å². The van der Waals surface area contributed by atoms with Gasteiger partial charge < -0.3 is 10.2 Å². The number of fused-ring (bicyclic) bond motifs is 1. The number of nitrogens with one attached hydrogen (secondary N) is 1. The minimum absolute atomic E-state index is 0.111. The maximum atomic E-state index is 11.8. The van der Waals surface area contributed by atoms with Crippen LogP contribution >= 0.6 is 0 Å². The van der Waals surface area contributed by atoms with Crippen LogP contribution in [0.25, 0.3) is 0 Å². The molecule has 0 spiro atoms. The number of amides is 2. The van der Waals surface area contributed by atoms with Crippen LogP contribution in [0.5, 0.6) is 0 Å². The first-order valence-corrected chi connectivity index (χ1v) is 5.87. The molecular weight excluding hydrogens is 188 g/mol. The van der Waals surface area contributed by atoms with E-state index in [0.29, 0.717) is 11.8 Å². The smallest absolute Gasteiger partial charge is 0.317 e. The molecule has 0 radical (unpaired) electrons. The lowest BCUT2D eigenvalue weighted by Gasteiger charge is -2.18.